The van der Waals surface area contributed by atoms with Crippen LogP contribution in [0.4, 0.5) is 0 Å². The van der Waals surface area contributed by atoms with Crippen LogP contribution in [0.5, 0.6) is 5.75 Å². The topological polar surface area (TPSA) is 78.9 Å². The van der Waals surface area contributed by atoms with Crippen molar-refractivity contribution in [1.82, 2.24) is 0 Å². The number of carbonyl (C=O) groups excluding carboxylic acids is 3. The highest BCUT2D eigenvalue weighted by molar-refractivity contribution is 6.03. The summed E-state index contributed by atoms with van der Waals surface area (Å²) in [7, 11) is 1.13. The molecule has 6 nitrogen and oxygen atoms in total. The van der Waals surface area contributed by atoms with Crippen LogP contribution >= 0.6 is 0 Å². The Bertz CT molecular complexity index is 510. The van der Waals surface area contributed by atoms with Crippen molar-refractivity contribution in [3.05, 3.63) is 29.8 Å². The van der Waals surface area contributed by atoms with Crippen LogP contribution in [-0.4, -0.2) is 37.5 Å². The number of hydrogen-bond acceptors (Lipinski definition) is 6. The minimum absolute atomic E-state index is 0.0874. The molecule has 0 spiro atoms. The van der Waals surface area contributed by atoms with Gasteiger partial charge in [0.25, 0.3) is 5.60 Å². The van der Waals surface area contributed by atoms with E-state index in [1.807, 2.05) is 0 Å². The van der Waals surface area contributed by atoms with Gasteiger partial charge in [0, 0.05) is 0 Å². The van der Waals surface area contributed by atoms with Crippen LogP contribution in [0.15, 0.2) is 24.3 Å². The Kier molecular flexibility index (Phi) is 5.25. The first-order valence-corrected chi connectivity index (χ1v) is 5.98. The van der Waals surface area contributed by atoms with Gasteiger partial charge in [-0.05, 0) is 26.0 Å². The molecule has 0 aliphatic carbocycles. The summed E-state index contributed by atoms with van der Waals surface area (Å²) in [6.07, 6.45) is 0.568. The molecule has 0 fully saturated rings. The fourth-order valence-corrected chi connectivity index (χ4v) is 1.52. The Hall–Kier alpha value is -2.37. The first-order chi connectivity index (χ1) is 9.49. The molecule has 0 heterocycles. The largest absolute Gasteiger partial charge is 0.466 e. The summed E-state index contributed by atoms with van der Waals surface area (Å²) >= 11 is 0. The average Bonchev–Trinajstić information content (AvgIpc) is 2.46. The van der Waals surface area contributed by atoms with Gasteiger partial charge in [-0.15, -0.1) is 0 Å². The van der Waals surface area contributed by atoms with Gasteiger partial charge >= 0.3 is 11.9 Å². The van der Waals surface area contributed by atoms with Gasteiger partial charge in [-0.3, -0.25) is 4.79 Å². The summed E-state index contributed by atoms with van der Waals surface area (Å²) in [6, 6.07) is 6.23. The molecule has 0 aromatic heterocycles. The van der Waals surface area contributed by atoms with E-state index in [4.69, 9.17) is 9.47 Å². The molecule has 0 saturated carbocycles. The normalized spacial score (nSPS) is 12.9. The van der Waals surface area contributed by atoms with Crippen LogP contribution in [0, 0.1) is 0 Å². The van der Waals surface area contributed by atoms with Gasteiger partial charge in [0.05, 0.1) is 19.3 Å². The second-order valence-corrected chi connectivity index (χ2v) is 4.00. The quantitative estimate of drug-likeness (QED) is 0.445. The molecular formula is C14H16O6. The van der Waals surface area contributed by atoms with Gasteiger partial charge in [-0.25, -0.2) is 9.59 Å². The minimum atomic E-state index is -1.97. The molecule has 0 aliphatic heterocycles. The number of ether oxygens (including phenoxy) is 3. The van der Waals surface area contributed by atoms with Crippen molar-refractivity contribution in [3.8, 4) is 5.75 Å². The number of para-hydroxylation sites is 1. The van der Waals surface area contributed by atoms with E-state index in [1.165, 1.54) is 19.1 Å². The Labute approximate surface area is 116 Å². The van der Waals surface area contributed by atoms with Crippen molar-refractivity contribution in [2.24, 2.45) is 0 Å². The zero-order chi connectivity index (χ0) is 15.2. The number of rotatable bonds is 6. The van der Waals surface area contributed by atoms with Gasteiger partial charge in [-0.1, -0.05) is 12.1 Å². The second kappa shape index (κ2) is 6.70. The van der Waals surface area contributed by atoms with Crippen LogP contribution in [0.3, 0.4) is 0 Å². The zero-order valence-electron chi connectivity index (χ0n) is 11.5. The number of carbonyl (C=O) groups is 3. The summed E-state index contributed by atoms with van der Waals surface area (Å²) in [5.74, 6) is -1.69. The summed E-state index contributed by atoms with van der Waals surface area (Å²) in [5, 5.41) is 0. The van der Waals surface area contributed by atoms with Crippen LogP contribution < -0.4 is 4.74 Å². The van der Waals surface area contributed by atoms with E-state index in [2.05, 4.69) is 4.74 Å². The third-order valence-electron chi connectivity index (χ3n) is 2.60. The summed E-state index contributed by atoms with van der Waals surface area (Å²) in [4.78, 5) is 34.7. The van der Waals surface area contributed by atoms with E-state index in [0.29, 0.717) is 6.29 Å². The Balaban J connectivity index is 3.16. The molecule has 1 unspecified atom stereocenters. The number of hydrogen-bond donors (Lipinski definition) is 0. The molecule has 1 rings (SSSR count). The van der Waals surface area contributed by atoms with E-state index < -0.39 is 17.5 Å². The molecule has 0 N–H and O–H groups in total. The minimum Gasteiger partial charge on any atom is -0.466 e. The van der Waals surface area contributed by atoms with E-state index >= 15 is 0 Å². The maximum atomic E-state index is 11.9. The first kappa shape index (κ1) is 15.7. The van der Waals surface area contributed by atoms with Gasteiger partial charge in [0.2, 0.25) is 0 Å². The van der Waals surface area contributed by atoms with Gasteiger partial charge in [0.15, 0.2) is 6.29 Å². The van der Waals surface area contributed by atoms with Crippen LogP contribution in [0.2, 0.25) is 0 Å². The van der Waals surface area contributed by atoms with E-state index in [9.17, 15) is 14.4 Å². The lowest BCUT2D eigenvalue weighted by molar-refractivity contribution is -0.176. The first-order valence-electron chi connectivity index (χ1n) is 5.98. The van der Waals surface area contributed by atoms with E-state index in [0.717, 1.165) is 7.11 Å². The highest BCUT2D eigenvalue weighted by Crippen LogP contribution is 2.24. The van der Waals surface area contributed by atoms with Crippen molar-refractivity contribution in [3.63, 3.8) is 0 Å². The van der Waals surface area contributed by atoms with E-state index in [-0.39, 0.29) is 17.9 Å². The summed E-state index contributed by atoms with van der Waals surface area (Å²) in [6.45, 7) is 2.93. The van der Waals surface area contributed by atoms with Gasteiger partial charge in [-0.2, -0.15) is 0 Å². The summed E-state index contributed by atoms with van der Waals surface area (Å²) in [5.41, 5.74) is -1.75. The smallest absolute Gasteiger partial charge is 0.362 e. The highest BCUT2D eigenvalue weighted by Gasteiger charge is 2.47. The molecule has 0 amide bonds. The monoisotopic (exact) mass is 280 g/mol. The number of methoxy groups -OCH3 is 1. The summed E-state index contributed by atoms with van der Waals surface area (Å²) < 4.78 is 14.8. The van der Waals surface area contributed by atoms with E-state index in [1.54, 1.807) is 19.1 Å². The number of benzene rings is 1. The predicted octanol–water partition coefficient (Wildman–Crippen LogP) is 1.37. The number of aldehydes is 1. The Morgan fingerprint density at radius 1 is 1.25 bits per heavy atom. The van der Waals surface area contributed by atoms with Crippen molar-refractivity contribution >= 4 is 18.2 Å². The molecule has 0 bridgehead atoms. The van der Waals surface area contributed by atoms with Crippen molar-refractivity contribution in [2.45, 2.75) is 19.4 Å². The molecule has 108 valence electrons. The second-order valence-electron chi connectivity index (χ2n) is 4.00. The van der Waals surface area contributed by atoms with Gasteiger partial charge in [0.1, 0.15) is 5.75 Å². The molecule has 0 radical (unpaired) electrons. The molecule has 20 heavy (non-hydrogen) atoms. The number of esters is 2. The highest BCUT2D eigenvalue weighted by atomic mass is 16.6. The maximum absolute atomic E-state index is 11.9. The average molecular weight is 280 g/mol. The molecule has 6 heteroatoms. The molecular weight excluding hydrogens is 264 g/mol. The Morgan fingerprint density at radius 3 is 2.45 bits per heavy atom. The van der Waals surface area contributed by atoms with Crippen LogP contribution in [0.25, 0.3) is 0 Å². The van der Waals surface area contributed by atoms with Crippen LogP contribution in [0.1, 0.15) is 24.2 Å². The zero-order valence-corrected chi connectivity index (χ0v) is 11.5. The molecule has 1 aromatic carbocycles. The predicted molar refractivity (Wildman–Crippen MR) is 69.5 cm³/mol. The lowest BCUT2D eigenvalue weighted by atomic mass is 10.1. The third-order valence-corrected chi connectivity index (χ3v) is 2.60. The van der Waals surface area contributed by atoms with Crippen molar-refractivity contribution in [1.29, 1.82) is 0 Å². The SMILES string of the molecule is CCOC(=O)C(C)(Oc1ccccc1C=O)C(=O)OC. The molecule has 1 atom stereocenters. The molecule has 0 saturated heterocycles. The maximum Gasteiger partial charge on any atom is 0.362 e. The lowest BCUT2D eigenvalue weighted by Crippen LogP contribution is -2.51. The van der Waals surface area contributed by atoms with Crippen molar-refractivity contribution in [2.75, 3.05) is 13.7 Å². The molecule has 1 aromatic rings. The molecule has 0 aliphatic rings. The Morgan fingerprint density at radius 2 is 1.90 bits per heavy atom. The standard InChI is InChI=1S/C14H16O6/c1-4-19-13(17)14(2,12(16)18-3)20-11-8-6-5-7-10(11)9-15/h5-9H,4H2,1-3H3. The van der Waals surface area contributed by atoms with Crippen LogP contribution in [-0.2, 0) is 19.1 Å². The third kappa shape index (κ3) is 3.14. The van der Waals surface area contributed by atoms with Gasteiger partial charge < -0.3 is 14.2 Å². The lowest BCUT2D eigenvalue weighted by Gasteiger charge is -2.26. The van der Waals surface area contributed by atoms with Crippen molar-refractivity contribution < 1.29 is 28.6 Å². The fourth-order valence-electron chi connectivity index (χ4n) is 1.52. The fraction of sp³-hybridized carbons (Fsp3) is 0.357.